The molecule has 0 saturated heterocycles. The number of nitrogens with one attached hydrogen (secondary N) is 2. The van der Waals surface area contributed by atoms with E-state index >= 15 is 0 Å². The van der Waals surface area contributed by atoms with Gasteiger partial charge in [0.2, 0.25) is 0 Å². The van der Waals surface area contributed by atoms with E-state index in [2.05, 4.69) is 69.7 Å². The zero-order chi connectivity index (χ0) is 22.5. The summed E-state index contributed by atoms with van der Waals surface area (Å²) in [4.78, 5) is 15.5. The number of rotatable bonds is 9. The fourth-order valence-electron chi connectivity index (χ4n) is 3.82. The minimum absolute atomic E-state index is 0.116. The second-order valence-corrected chi connectivity index (χ2v) is 10.1. The number of halogens is 1. The molecule has 166 valence electrons. The fraction of sp³-hybridized carbons (Fsp3) is 0.269. The van der Waals surface area contributed by atoms with Gasteiger partial charge in [0.25, 0.3) is 0 Å². The largest absolute Gasteiger partial charge is 0.383 e. The molecule has 0 saturated carbocycles. The number of likely N-dealkylation sites (N-methyl/N-ethyl adjacent to an activating group) is 1. The van der Waals surface area contributed by atoms with E-state index in [1.807, 2.05) is 36.4 Å². The fourth-order valence-corrected chi connectivity index (χ4v) is 5.44. The summed E-state index contributed by atoms with van der Waals surface area (Å²) in [6.07, 6.45) is 0. The van der Waals surface area contributed by atoms with Crippen LogP contribution in [-0.2, 0) is 6.54 Å². The van der Waals surface area contributed by atoms with Gasteiger partial charge in [-0.3, -0.25) is 4.79 Å². The maximum atomic E-state index is 13.2. The molecule has 0 radical (unpaired) electrons. The van der Waals surface area contributed by atoms with Crippen LogP contribution in [0, 0.1) is 6.92 Å². The second kappa shape index (κ2) is 10.6. The smallest absolute Gasteiger partial charge is 0.197 e. The molecule has 0 amide bonds. The summed E-state index contributed by atoms with van der Waals surface area (Å²) in [5.41, 5.74) is 3.47. The molecule has 0 aliphatic carbocycles. The molecule has 0 atom stereocenters. The highest BCUT2D eigenvalue weighted by Gasteiger charge is 2.12. The molecule has 0 unspecified atom stereocenters. The first-order valence-electron chi connectivity index (χ1n) is 10.9. The minimum atomic E-state index is 0.116. The Morgan fingerprint density at radius 3 is 2.66 bits per heavy atom. The summed E-state index contributed by atoms with van der Waals surface area (Å²) in [5.74, 6) is 0. The van der Waals surface area contributed by atoms with Crippen LogP contribution in [0.1, 0.15) is 11.1 Å². The summed E-state index contributed by atoms with van der Waals surface area (Å²) < 4.78 is 3.22. The van der Waals surface area contributed by atoms with E-state index in [0.29, 0.717) is 0 Å². The normalized spacial score (nSPS) is 11.5. The molecule has 6 heteroatoms. The second-order valence-electron chi connectivity index (χ2n) is 8.10. The van der Waals surface area contributed by atoms with Crippen LogP contribution < -0.4 is 16.1 Å². The van der Waals surface area contributed by atoms with E-state index < -0.39 is 0 Å². The van der Waals surface area contributed by atoms with Crippen LogP contribution in [0.25, 0.3) is 20.2 Å². The zero-order valence-electron chi connectivity index (χ0n) is 18.5. The summed E-state index contributed by atoms with van der Waals surface area (Å²) in [6, 6.07) is 20.4. The van der Waals surface area contributed by atoms with Gasteiger partial charge in [-0.1, -0.05) is 46.3 Å². The topological polar surface area (TPSA) is 44.4 Å². The van der Waals surface area contributed by atoms with Crippen LogP contribution in [0.15, 0.2) is 69.9 Å². The van der Waals surface area contributed by atoms with Crippen molar-refractivity contribution >= 4 is 53.1 Å². The number of hydrogen-bond acceptors (Lipinski definition) is 5. The van der Waals surface area contributed by atoms with Crippen LogP contribution in [-0.4, -0.2) is 38.1 Å². The van der Waals surface area contributed by atoms with Gasteiger partial charge in [-0.2, -0.15) is 0 Å². The first kappa shape index (κ1) is 22.9. The standard InChI is InChI=1S/C26H28BrN3OS/c1-18-10-11-22(24-25(31)21-8-3-4-9-23(21)32-26(18)24)29-13-15-30(2)14-12-28-17-19-6-5-7-20(27)16-19/h3-11,16,28-29H,12-15,17H2,1-2H3. The molecule has 0 aliphatic heterocycles. The van der Waals surface area contributed by atoms with Gasteiger partial charge in [0.05, 0.1) is 5.39 Å². The molecule has 32 heavy (non-hydrogen) atoms. The Hall–Kier alpha value is -2.25. The molecule has 2 N–H and O–H groups in total. The molecular weight excluding hydrogens is 482 g/mol. The van der Waals surface area contributed by atoms with Crippen molar-refractivity contribution in [2.45, 2.75) is 13.5 Å². The van der Waals surface area contributed by atoms with Gasteiger partial charge in [-0.15, -0.1) is 11.3 Å². The lowest BCUT2D eigenvalue weighted by atomic mass is 10.1. The number of anilines is 1. The van der Waals surface area contributed by atoms with E-state index in [0.717, 1.165) is 68.6 Å². The Morgan fingerprint density at radius 1 is 1.00 bits per heavy atom. The summed E-state index contributed by atoms with van der Waals surface area (Å²) in [5, 5.41) is 8.62. The van der Waals surface area contributed by atoms with Crippen molar-refractivity contribution in [2.75, 3.05) is 38.5 Å². The molecule has 4 aromatic rings. The van der Waals surface area contributed by atoms with Crippen molar-refractivity contribution in [3.05, 3.63) is 86.5 Å². The highest BCUT2D eigenvalue weighted by Crippen LogP contribution is 2.31. The molecule has 1 aromatic heterocycles. The molecule has 0 fully saturated rings. The minimum Gasteiger partial charge on any atom is -0.383 e. The number of benzene rings is 3. The average Bonchev–Trinajstić information content (AvgIpc) is 2.79. The molecular formula is C26H28BrN3OS. The zero-order valence-corrected chi connectivity index (χ0v) is 20.9. The predicted molar refractivity (Wildman–Crippen MR) is 142 cm³/mol. The third kappa shape index (κ3) is 5.38. The SMILES string of the molecule is Cc1ccc(NCCN(C)CCNCc2cccc(Br)c2)c2c(=O)c3ccccc3sc12. The van der Waals surface area contributed by atoms with Crippen molar-refractivity contribution in [2.24, 2.45) is 0 Å². The van der Waals surface area contributed by atoms with Gasteiger partial charge in [-0.25, -0.2) is 0 Å². The third-order valence-corrected chi connectivity index (χ3v) is 7.42. The van der Waals surface area contributed by atoms with Gasteiger partial charge >= 0.3 is 0 Å². The highest BCUT2D eigenvalue weighted by molar-refractivity contribution is 9.10. The third-order valence-electron chi connectivity index (χ3n) is 5.62. The lowest BCUT2D eigenvalue weighted by molar-refractivity contribution is 0.343. The van der Waals surface area contributed by atoms with E-state index in [1.165, 1.54) is 5.56 Å². The Balaban J connectivity index is 1.34. The van der Waals surface area contributed by atoms with Crippen molar-refractivity contribution in [1.82, 2.24) is 10.2 Å². The molecule has 3 aromatic carbocycles. The van der Waals surface area contributed by atoms with Crippen molar-refractivity contribution in [1.29, 1.82) is 0 Å². The Bertz CT molecular complexity index is 1290. The van der Waals surface area contributed by atoms with E-state index in [4.69, 9.17) is 0 Å². The molecule has 0 bridgehead atoms. The van der Waals surface area contributed by atoms with E-state index in [1.54, 1.807) is 11.3 Å². The number of nitrogens with zero attached hydrogens (tertiary/aromatic N) is 1. The van der Waals surface area contributed by atoms with Gasteiger partial charge < -0.3 is 15.5 Å². The van der Waals surface area contributed by atoms with Gasteiger partial charge in [-0.05, 0) is 55.4 Å². The quantitative estimate of drug-likeness (QED) is 0.227. The van der Waals surface area contributed by atoms with E-state index in [9.17, 15) is 4.79 Å². The van der Waals surface area contributed by atoms with Gasteiger partial charge in [0.15, 0.2) is 5.43 Å². The van der Waals surface area contributed by atoms with Gasteiger partial charge in [0.1, 0.15) is 0 Å². The van der Waals surface area contributed by atoms with Crippen LogP contribution >= 0.6 is 27.3 Å². The Labute approximate surface area is 201 Å². The maximum absolute atomic E-state index is 13.2. The number of hydrogen-bond donors (Lipinski definition) is 2. The molecule has 0 aliphatic rings. The predicted octanol–water partition coefficient (Wildman–Crippen LogP) is 5.62. The maximum Gasteiger partial charge on any atom is 0.197 e. The number of fused-ring (bicyclic) bond motifs is 2. The first-order valence-corrected chi connectivity index (χ1v) is 12.5. The van der Waals surface area contributed by atoms with Crippen LogP contribution in [0.5, 0.6) is 0 Å². The molecule has 0 spiro atoms. The molecule has 4 rings (SSSR count). The van der Waals surface area contributed by atoms with Crippen LogP contribution in [0.2, 0.25) is 0 Å². The Morgan fingerprint density at radius 2 is 1.81 bits per heavy atom. The molecule has 1 heterocycles. The van der Waals surface area contributed by atoms with Crippen molar-refractivity contribution in [3.8, 4) is 0 Å². The van der Waals surface area contributed by atoms with E-state index in [-0.39, 0.29) is 5.43 Å². The van der Waals surface area contributed by atoms with Crippen molar-refractivity contribution < 1.29 is 0 Å². The average molecular weight is 511 g/mol. The first-order chi connectivity index (χ1) is 15.5. The monoisotopic (exact) mass is 509 g/mol. The Kier molecular flexibility index (Phi) is 7.58. The summed E-state index contributed by atoms with van der Waals surface area (Å²) in [7, 11) is 2.13. The summed E-state index contributed by atoms with van der Waals surface area (Å²) in [6.45, 7) is 6.52. The van der Waals surface area contributed by atoms with Gasteiger partial charge in [0, 0.05) is 57.7 Å². The number of aryl methyl sites for hydroxylation is 1. The highest BCUT2D eigenvalue weighted by atomic mass is 79.9. The summed E-state index contributed by atoms with van der Waals surface area (Å²) >= 11 is 5.21. The van der Waals surface area contributed by atoms with Crippen molar-refractivity contribution in [3.63, 3.8) is 0 Å². The van der Waals surface area contributed by atoms with Crippen LogP contribution in [0.4, 0.5) is 5.69 Å². The molecule has 4 nitrogen and oxygen atoms in total. The van der Waals surface area contributed by atoms with Crippen LogP contribution in [0.3, 0.4) is 0 Å². The lowest BCUT2D eigenvalue weighted by Gasteiger charge is -2.18. The lowest BCUT2D eigenvalue weighted by Crippen LogP contribution is -2.32.